The molecule has 112 valence electrons. The number of nitrogens with one attached hydrogen (secondary N) is 2. The number of anilines is 2. The lowest BCUT2D eigenvalue weighted by molar-refractivity contribution is 0.102. The van der Waals surface area contributed by atoms with E-state index in [1.54, 1.807) is 6.07 Å². The number of aromatic nitrogens is 1. The van der Waals surface area contributed by atoms with Crippen LogP contribution in [0.4, 0.5) is 11.4 Å². The summed E-state index contributed by atoms with van der Waals surface area (Å²) in [5.74, 6) is -0.123. The first-order valence-electron chi connectivity index (χ1n) is 6.74. The average molecular weight is 329 g/mol. The molecule has 1 heterocycles. The number of carbonyl (C=O) groups excluding carboxylic acids is 1. The van der Waals surface area contributed by atoms with Crippen molar-refractivity contribution in [2.45, 2.75) is 0 Å². The third kappa shape index (κ3) is 3.03. The second-order valence-electron chi connectivity index (χ2n) is 5.12. The molecule has 0 fully saturated rings. The van der Waals surface area contributed by atoms with Crippen LogP contribution < -0.4 is 10.2 Å². The van der Waals surface area contributed by atoms with Crippen LogP contribution in [0.15, 0.2) is 42.5 Å². The highest BCUT2D eigenvalue weighted by Gasteiger charge is 2.08. The fourth-order valence-electron chi connectivity index (χ4n) is 2.15. The fourth-order valence-corrected chi connectivity index (χ4v) is 3.31. The first-order valence-corrected chi connectivity index (χ1v) is 7.97. The van der Waals surface area contributed by atoms with Gasteiger partial charge in [0, 0.05) is 31.0 Å². The van der Waals surface area contributed by atoms with E-state index >= 15 is 0 Å². The maximum Gasteiger partial charge on any atom is 0.255 e. The minimum Gasteiger partial charge on any atom is -0.378 e. The standard InChI is InChI=1S/C16H15N3OS2/c1-19(2)12-5-3-4-10(8-12)15(20)17-11-6-7-13-14(9-11)22-16(21)18-13/h3-9H,1-2H3,(H,17,20)(H,18,21). The number of hydrogen-bond acceptors (Lipinski definition) is 4. The maximum atomic E-state index is 12.4. The van der Waals surface area contributed by atoms with Crippen molar-refractivity contribution in [2.24, 2.45) is 0 Å². The van der Waals surface area contributed by atoms with E-state index in [2.05, 4.69) is 10.3 Å². The number of thiazole rings is 1. The molecule has 0 radical (unpaired) electrons. The van der Waals surface area contributed by atoms with Crippen molar-refractivity contribution in [1.29, 1.82) is 0 Å². The van der Waals surface area contributed by atoms with Gasteiger partial charge in [0.2, 0.25) is 0 Å². The van der Waals surface area contributed by atoms with Crippen molar-refractivity contribution in [3.8, 4) is 0 Å². The summed E-state index contributed by atoms with van der Waals surface area (Å²) in [4.78, 5) is 17.4. The normalized spacial score (nSPS) is 10.6. The van der Waals surface area contributed by atoms with Gasteiger partial charge in [0.1, 0.15) is 0 Å². The van der Waals surface area contributed by atoms with Crippen LogP contribution in [-0.4, -0.2) is 25.0 Å². The quantitative estimate of drug-likeness (QED) is 0.705. The minimum atomic E-state index is -0.123. The molecule has 1 aromatic heterocycles. The van der Waals surface area contributed by atoms with E-state index in [9.17, 15) is 4.79 Å². The van der Waals surface area contributed by atoms with Crippen LogP contribution in [0.2, 0.25) is 0 Å². The van der Waals surface area contributed by atoms with E-state index in [4.69, 9.17) is 12.2 Å². The van der Waals surface area contributed by atoms with Gasteiger partial charge in [-0.1, -0.05) is 6.07 Å². The molecule has 22 heavy (non-hydrogen) atoms. The van der Waals surface area contributed by atoms with E-state index < -0.39 is 0 Å². The van der Waals surface area contributed by atoms with Crippen LogP contribution >= 0.6 is 23.6 Å². The van der Waals surface area contributed by atoms with Gasteiger partial charge in [-0.2, -0.15) is 0 Å². The Morgan fingerprint density at radius 2 is 2.05 bits per heavy atom. The van der Waals surface area contributed by atoms with Gasteiger partial charge in [-0.3, -0.25) is 4.79 Å². The molecule has 1 amide bonds. The van der Waals surface area contributed by atoms with Crippen LogP contribution in [-0.2, 0) is 0 Å². The van der Waals surface area contributed by atoms with Crippen LogP contribution in [0.5, 0.6) is 0 Å². The molecule has 0 saturated carbocycles. The molecular weight excluding hydrogens is 314 g/mol. The Kier molecular flexibility index (Phi) is 3.96. The molecule has 2 aromatic carbocycles. The van der Waals surface area contributed by atoms with Gasteiger partial charge in [-0.15, -0.1) is 11.3 Å². The third-order valence-electron chi connectivity index (χ3n) is 3.30. The molecule has 0 aliphatic heterocycles. The highest BCUT2D eigenvalue weighted by molar-refractivity contribution is 7.73. The first kappa shape index (κ1) is 14.7. The average Bonchev–Trinajstić information content (AvgIpc) is 2.86. The lowest BCUT2D eigenvalue weighted by Gasteiger charge is -2.13. The topological polar surface area (TPSA) is 48.1 Å². The van der Waals surface area contributed by atoms with Crippen molar-refractivity contribution in [1.82, 2.24) is 4.98 Å². The van der Waals surface area contributed by atoms with Gasteiger partial charge >= 0.3 is 0 Å². The number of hydrogen-bond donors (Lipinski definition) is 2. The molecular formula is C16H15N3OS2. The first-order chi connectivity index (χ1) is 10.5. The van der Waals surface area contributed by atoms with Crippen LogP contribution in [0.3, 0.4) is 0 Å². The molecule has 0 saturated heterocycles. The molecule has 0 unspecified atom stereocenters. The summed E-state index contributed by atoms with van der Waals surface area (Å²) in [6, 6.07) is 13.2. The largest absolute Gasteiger partial charge is 0.378 e. The Bertz CT molecular complexity index is 896. The van der Waals surface area contributed by atoms with Crippen LogP contribution in [0, 0.1) is 3.95 Å². The van der Waals surface area contributed by atoms with E-state index in [0.29, 0.717) is 5.56 Å². The number of nitrogens with zero attached hydrogens (tertiary/aromatic N) is 1. The summed E-state index contributed by atoms with van der Waals surface area (Å²) in [5.41, 5.74) is 3.38. The van der Waals surface area contributed by atoms with E-state index in [1.165, 1.54) is 11.3 Å². The molecule has 6 heteroatoms. The second kappa shape index (κ2) is 5.90. The zero-order valence-electron chi connectivity index (χ0n) is 12.2. The van der Waals surface area contributed by atoms with Crippen molar-refractivity contribution in [3.63, 3.8) is 0 Å². The number of fused-ring (bicyclic) bond motifs is 1. The Balaban J connectivity index is 1.86. The highest BCUT2D eigenvalue weighted by Crippen LogP contribution is 2.23. The lowest BCUT2D eigenvalue weighted by Crippen LogP contribution is -2.14. The van der Waals surface area contributed by atoms with Gasteiger partial charge in [-0.05, 0) is 48.6 Å². The molecule has 3 rings (SSSR count). The molecule has 2 N–H and O–H groups in total. The van der Waals surface area contributed by atoms with E-state index in [-0.39, 0.29) is 5.91 Å². The minimum absolute atomic E-state index is 0.123. The van der Waals surface area contributed by atoms with Crippen LogP contribution in [0.1, 0.15) is 10.4 Å². The number of aromatic amines is 1. The predicted octanol–water partition coefficient (Wildman–Crippen LogP) is 4.28. The molecule has 0 bridgehead atoms. The fraction of sp³-hybridized carbons (Fsp3) is 0.125. The SMILES string of the molecule is CN(C)c1cccc(C(=O)Nc2ccc3[nH]c(=S)sc3c2)c1. The Hall–Kier alpha value is -2.18. The van der Waals surface area contributed by atoms with Gasteiger partial charge in [-0.25, -0.2) is 0 Å². The molecule has 4 nitrogen and oxygen atoms in total. The van der Waals surface area contributed by atoms with Crippen molar-refractivity contribution in [3.05, 3.63) is 52.0 Å². The molecule has 0 aliphatic rings. The summed E-state index contributed by atoms with van der Waals surface area (Å²) in [7, 11) is 3.90. The van der Waals surface area contributed by atoms with Gasteiger partial charge < -0.3 is 15.2 Å². The molecule has 0 aliphatic carbocycles. The Morgan fingerprint density at radius 3 is 2.82 bits per heavy atom. The third-order valence-corrected chi connectivity index (χ3v) is 4.50. The predicted molar refractivity (Wildman–Crippen MR) is 95.7 cm³/mol. The van der Waals surface area contributed by atoms with Gasteiger partial charge in [0.25, 0.3) is 5.91 Å². The number of H-pyrrole nitrogens is 1. The zero-order valence-corrected chi connectivity index (χ0v) is 13.8. The van der Waals surface area contributed by atoms with E-state index in [0.717, 1.165) is 25.5 Å². The monoisotopic (exact) mass is 329 g/mol. The smallest absolute Gasteiger partial charge is 0.255 e. The summed E-state index contributed by atoms with van der Waals surface area (Å²) in [5, 5.41) is 2.93. The summed E-state index contributed by atoms with van der Waals surface area (Å²) >= 11 is 6.63. The van der Waals surface area contributed by atoms with Gasteiger partial charge in [0.05, 0.1) is 10.2 Å². The number of rotatable bonds is 3. The Labute approximate surface area is 137 Å². The number of carbonyl (C=O) groups is 1. The van der Waals surface area contributed by atoms with Crippen LogP contribution in [0.25, 0.3) is 10.2 Å². The molecule has 0 spiro atoms. The highest BCUT2D eigenvalue weighted by atomic mass is 32.1. The molecule has 0 atom stereocenters. The van der Waals surface area contributed by atoms with Gasteiger partial charge in [0.15, 0.2) is 3.95 Å². The lowest BCUT2D eigenvalue weighted by atomic mass is 10.1. The number of amides is 1. The van der Waals surface area contributed by atoms with Crippen molar-refractivity contribution >= 4 is 51.1 Å². The summed E-state index contributed by atoms with van der Waals surface area (Å²) < 4.78 is 1.77. The summed E-state index contributed by atoms with van der Waals surface area (Å²) in [6.45, 7) is 0. The Morgan fingerprint density at radius 1 is 1.23 bits per heavy atom. The van der Waals surface area contributed by atoms with Crippen molar-refractivity contribution < 1.29 is 4.79 Å². The summed E-state index contributed by atoms with van der Waals surface area (Å²) in [6.07, 6.45) is 0. The second-order valence-corrected chi connectivity index (χ2v) is 6.84. The van der Waals surface area contributed by atoms with E-state index in [1.807, 2.05) is 55.4 Å². The zero-order chi connectivity index (χ0) is 15.7. The maximum absolute atomic E-state index is 12.4. The number of benzene rings is 2. The molecule has 3 aromatic rings. The van der Waals surface area contributed by atoms with Crippen molar-refractivity contribution in [2.75, 3.05) is 24.3 Å².